The predicted octanol–water partition coefficient (Wildman–Crippen LogP) is 4.00. The minimum absolute atomic E-state index is 0.0640. The third-order valence-corrected chi connectivity index (χ3v) is 4.45. The molecule has 0 saturated carbocycles. The van der Waals surface area contributed by atoms with Gasteiger partial charge in [0.1, 0.15) is 17.3 Å². The van der Waals surface area contributed by atoms with Gasteiger partial charge in [0.25, 0.3) is 0 Å². The first-order valence-electron chi connectivity index (χ1n) is 7.14. The Bertz CT molecular complexity index is 800. The van der Waals surface area contributed by atoms with Crippen LogP contribution in [0.2, 0.25) is 0 Å². The molecule has 24 heavy (non-hydrogen) atoms. The quantitative estimate of drug-likeness (QED) is 0.788. The number of ether oxygens (including phenoxy) is 2. The van der Waals surface area contributed by atoms with Gasteiger partial charge in [0.2, 0.25) is 0 Å². The number of benzene rings is 1. The molecule has 0 bridgehead atoms. The van der Waals surface area contributed by atoms with E-state index >= 15 is 0 Å². The highest BCUT2D eigenvalue weighted by atomic mass is 32.1. The molecule has 2 heterocycles. The fraction of sp³-hybridized carbons (Fsp3) is 0.176. The first-order valence-corrected chi connectivity index (χ1v) is 8.02. The number of carbonyl (C=O) groups is 2. The van der Waals surface area contributed by atoms with Crippen molar-refractivity contribution in [2.45, 2.75) is 6.61 Å². The molecule has 7 heteroatoms. The molecule has 0 spiro atoms. The molecule has 0 N–H and O–H groups in total. The minimum Gasteiger partial charge on any atom is -0.465 e. The highest BCUT2D eigenvalue weighted by molar-refractivity contribution is 7.13. The second kappa shape index (κ2) is 6.84. The Hall–Kier alpha value is -2.67. The summed E-state index contributed by atoms with van der Waals surface area (Å²) in [6.07, 6.45) is 0.589. The van der Waals surface area contributed by atoms with Crippen LogP contribution in [0, 0.1) is 0 Å². The molecule has 0 radical (unpaired) electrons. The first kappa shape index (κ1) is 16.2. The molecule has 0 aliphatic carbocycles. The fourth-order valence-corrected chi connectivity index (χ4v) is 3.32. The van der Waals surface area contributed by atoms with Gasteiger partial charge in [-0.15, -0.1) is 11.3 Å². The molecule has 0 fully saturated rings. The van der Waals surface area contributed by atoms with Gasteiger partial charge in [-0.05, 0) is 11.6 Å². The zero-order valence-electron chi connectivity index (χ0n) is 12.8. The topological polar surface area (TPSA) is 55.8 Å². The molecule has 0 atom stereocenters. The number of hydrogen-bond acceptors (Lipinski definition) is 5. The van der Waals surface area contributed by atoms with E-state index in [9.17, 15) is 14.0 Å². The molecule has 1 aliphatic heterocycles. The van der Waals surface area contributed by atoms with E-state index in [0.717, 1.165) is 21.8 Å². The van der Waals surface area contributed by atoms with Crippen LogP contribution in [0.25, 0.3) is 6.08 Å². The lowest BCUT2D eigenvalue weighted by Crippen LogP contribution is -2.35. The van der Waals surface area contributed by atoms with Gasteiger partial charge in [-0.3, -0.25) is 4.90 Å². The summed E-state index contributed by atoms with van der Waals surface area (Å²) >= 11 is 1.10. The van der Waals surface area contributed by atoms with E-state index < -0.39 is 17.9 Å². The zero-order chi connectivity index (χ0) is 17.1. The Morgan fingerprint density at radius 2 is 2.04 bits per heavy atom. The Morgan fingerprint density at radius 1 is 1.29 bits per heavy atom. The van der Waals surface area contributed by atoms with E-state index in [0.29, 0.717) is 11.3 Å². The molecule has 2 aromatic rings. The normalized spacial score (nSPS) is 13.1. The Balaban J connectivity index is 1.84. The monoisotopic (exact) mass is 347 g/mol. The summed E-state index contributed by atoms with van der Waals surface area (Å²) in [7, 11) is 1.26. The number of amides is 1. The van der Waals surface area contributed by atoms with Gasteiger partial charge >= 0.3 is 12.1 Å². The second-order valence-electron chi connectivity index (χ2n) is 5.08. The number of carbonyl (C=O) groups excluding carboxylic acids is 2. The molecule has 1 aromatic carbocycles. The molecule has 5 nitrogen and oxygen atoms in total. The summed E-state index contributed by atoms with van der Waals surface area (Å²) in [5, 5.41) is 1.61. The number of hydrogen-bond donors (Lipinski definition) is 0. The molecule has 124 valence electrons. The highest BCUT2D eigenvalue weighted by Gasteiger charge is 2.31. The highest BCUT2D eigenvalue weighted by Crippen LogP contribution is 2.38. The summed E-state index contributed by atoms with van der Waals surface area (Å²) < 4.78 is 23.8. The van der Waals surface area contributed by atoms with Crippen LogP contribution < -0.4 is 4.90 Å². The van der Waals surface area contributed by atoms with Crippen molar-refractivity contribution < 1.29 is 23.5 Å². The van der Waals surface area contributed by atoms with E-state index in [1.807, 2.05) is 30.3 Å². The maximum Gasteiger partial charge on any atom is 0.415 e. The van der Waals surface area contributed by atoms with Gasteiger partial charge < -0.3 is 9.47 Å². The van der Waals surface area contributed by atoms with Crippen LogP contribution in [-0.4, -0.2) is 25.7 Å². The molecular weight excluding hydrogens is 333 g/mol. The fourth-order valence-electron chi connectivity index (χ4n) is 2.38. The van der Waals surface area contributed by atoms with Gasteiger partial charge in [-0.2, -0.15) is 0 Å². The van der Waals surface area contributed by atoms with Crippen LogP contribution in [0.1, 0.15) is 20.8 Å². The summed E-state index contributed by atoms with van der Waals surface area (Å²) in [5.41, 5.74) is 1.60. The Labute approximate surface area is 141 Å². The average molecular weight is 347 g/mol. The van der Waals surface area contributed by atoms with E-state index in [1.165, 1.54) is 13.2 Å². The summed E-state index contributed by atoms with van der Waals surface area (Å²) in [6.45, 7) is -0.212. The number of fused-ring (bicyclic) bond motifs is 1. The lowest BCUT2D eigenvalue weighted by molar-refractivity contribution is 0.0607. The van der Waals surface area contributed by atoms with Crippen LogP contribution in [0.3, 0.4) is 0 Å². The van der Waals surface area contributed by atoms with Crippen molar-refractivity contribution in [2.75, 3.05) is 18.6 Å². The average Bonchev–Trinajstić information content (AvgIpc) is 3.02. The van der Waals surface area contributed by atoms with Crippen molar-refractivity contribution in [3.8, 4) is 0 Å². The van der Waals surface area contributed by atoms with Crippen molar-refractivity contribution in [1.29, 1.82) is 0 Å². The first-order chi connectivity index (χ1) is 11.6. The zero-order valence-corrected chi connectivity index (χ0v) is 13.6. The van der Waals surface area contributed by atoms with Crippen molar-refractivity contribution >= 4 is 35.2 Å². The minimum atomic E-state index is -0.716. The Kier molecular flexibility index (Phi) is 4.61. The predicted molar refractivity (Wildman–Crippen MR) is 88.7 cm³/mol. The maximum atomic E-state index is 13.8. The van der Waals surface area contributed by atoms with Gasteiger partial charge in [-0.25, -0.2) is 14.0 Å². The third-order valence-electron chi connectivity index (χ3n) is 3.48. The smallest absolute Gasteiger partial charge is 0.415 e. The molecule has 3 rings (SSSR count). The molecule has 0 unspecified atom stereocenters. The summed E-state index contributed by atoms with van der Waals surface area (Å²) in [5.74, 6) is -1.05. The van der Waals surface area contributed by atoms with Gasteiger partial charge in [-0.1, -0.05) is 30.3 Å². The van der Waals surface area contributed by atoms with Crippen molar-refractivity contribution in [1.82, 2.24) is 0 Å². The number of thiophene rings is 1. The van der Waals surface area contributed by atoms with Crippen molar-refractivity contribution in [3.63, 3.8) is 0 Å². The third kappa shape index (κ3) is 3.16. The SMILES string of the molecule is COC(=O)c1scc2c1N(C(=O)OCc1ccccc1)CC(F)=C2. The molecule has 0 saturated heterocycles. The van der Waals surface area contributed by atoms with Gasteiger partial charge in [0.05, 0.1) is 19.3 Å². The molecular formula is C17H14FNO4S. The lowest BCUT2D eigenvalue weighted by Gasteiger charge is -2.25. The lowest BCUT2D eigenvalue weighted by atomic mass is 10.1. The number of esters is 1. The van der Waals surface area contributed by atoms with Crippen molar-refractivity contribution in [2.24, 2.45) is 0 Å². The number of anilines is 1. The molecule has 1 amide bonds. The molecule has 1 aromatic heterocycles. The number of nitrogens with zero attached hydrogens (tertiary/aromatic N) is 1. The van der Waals surface area contributed by atoms with Crippen LogP contribution in [0.4, 0.5) is 14.9 Å². The second-order valence-corrected chi connectivity index (χ2v) is 5.96. The van der Waals surface area contributed by atoms with Gasteiger partial charge in [0, 0.05) is 10.9 Å². The maximum absolute atomic E-state index is 13.8. The number of rotatable bonds is 3. The largest absolute Gasteiger partial charge is 0.465 e. The van der Waals surface area contributed by atoms with E-state index in [-0.39, 0.29) is 18.0 Å². The van der Waals surface area contributed by atoms with Crippen LogP contribution in [0.15, 0.2) is 41.5 Å². The number of methoxy groups -OCH3 is 1. The van der Waals surface area contributed by atoms with Crippen LogP contribution in [-0.2, 0) is 16.1 Å². The molecule has 1 aliphatic rings. The summed E-state index contributed by atoms with van der Waals surface area (Å²) in [4.78, 5) is 25.6. The number of halogens is 1. The standard InChI is InChI=1S/C17H14FNO4S/c1-22-16(20)15-14-12(10-24-15)7-13(18)8-19(14)17(21)23-9-11-5-3-2-4-6-11/h2-7,10H,8-9H2,1H3. The summed E-state index contributed by atoms with van der Waals surface area (Å²) in [6, 6.07) is 9.16. The Morgan fingerprint density at radius 3 is 2.75 bits per heavy atom. The van der Waals surface area contributed by atoms with E-state index in [4.69, 9.17) is 9.47 Å². The van der Waals surface area contributed by atoms with Gasteiger partial charge in [0.15, 0.2) is 0 Å². The van der Waals surface area contributed by atoms with E-state index in [1.54, 1.807) is 5.38 Å². The van der Waals surface area contributed by atoms with Crippen LogP contribution >= 0.6 is 11.3 Å². The van der Waals surface area contributed by atoms with Crippen molar-refractivity contribution in [3.05, 3.63) is 57.5 Å². The van der Waals surface area contributed by atoms with Crippen LogP contribution in [0.5, 0.6) is 0 Å². The van der Waals surface area contributed by atoms with E-state index in [2.05, 4.69) is 0 Å².